The van der Waals surface area contributed by atoms with Crippen LogP contribution in [0.2, 0.25) is 0 Å². The highest BCUT2D eigenvalue weighted by atomic mass is 16.5. The van der Waals surface area contributed by atoms with Gasteiger partial charge in [-0.15, -0.1) is 0 Å². The molecule has 0 spiro atoms. The summed E-state index contributed by atoms with van der Waals surface area (Å²) in [5, 5.41) is 21.4. The summed E-state index contributed by atoms with van der Waals surface area (Å²) >= 11 is 0. The molecule has 0 aliphatic carbocycles. The second kappa shape index (κ2) is 20.6. The van der Waals surface area contributed by atoms with Gasteiger partial charge in [-0.2, -0.15) is 0 Å². The Labute approximate surface area is 359 Å². The summed E-state index contributed by atoms with van der Waals surface area (Å²) in [6, 6.07) is 39.9. The summed E-state index contributed by atoms with van der Waals surface area (Å²) in [6.07, 6.45) is 4.02. The quantitative estimate of drug-likeness (QED) is 0.113. The number of benzene rings is 5. The Morgan fingerprint density at radius 3 is 1.63 bits per heavy atom. The van der Waals surface area contributed by atoms with Crippen molar-refractivity contribution < 1.29 is 33.8 Å². The first-order chi connectivity index (χ1) is 30.2. The molecule has 62 heavy (non-hydrogen) atoms. The molecule has 2 aliphatic rings. The van der Waals surface area contributed by atoms with E-state index in [1.165, 1.54) is 0 Å². The Balaban J connectivity index is 1.21. The van der Waals surface area contributed by atoms with Crippen LogP contribution in [0.25, 0.3) is 22.3 Å². The zero-order valence-corrected chi connectivity index (χ0v) is 33.9. The average molecular weight is 830 g/mol. The summed E-state index contributed by atoms with van der Waals surface area (Å²) in [4.78, 5) is 73.1. The van der Waals surface area contributed by atoms with Crippen LogP contribution in [0.1, 0.15) is 28.7 Å². The highest BCUT2D eigenvalue weighted by Crippen LogP contribution is 2.22. The molecule has 0 saturated heterocycles. The van der Waals surface area contributed by atoms with Crippen molar-refractivity contribution in [1.82, 2.24) is 26.3 Å². The molecule has 8 rings (SSSR count). The second-order valence-corrected chi connectivity index (χ2v) is 15.2. The second-order valence-electron chi connectivity index (χ2n) is 15.2. The van der Waals surface area contributed by atoms with Crippen molar-refractivity contribution >= 4 is 29.6 Å². The minimum Gasteiger partial charge on any atom is -0.484 e. The number of carbonyl (C=O) groups excluding carboxylic acids is 4. The summed E-state index contributed by atoms with van der Waals surface area (Å²) in [6.45, 7) is -0.418. The molecule has 0 unspecified atom stereocenters. The Morgan fingerprint density at radius 1 is 0.548 bits per heavy atom. The topological polar surface area (TPSA) is 176 Å². The summed E-state index contributed by atoms with van der Waals surface area (Å²) in [5.41, 5.74) is 6.88. The number of pyridine rings is 1. The van der Waals surface area contributed by atoms with E-state index in [2.05, 4.69) is 26.3 Å². The number of carboxylic acids is 1. The fraction of sp³-hybridized carbons (Fsp3) is 0.200. The van der Waals surface area contributed by atoms with Crippen LogP contribution in [0.5, 0.6) is 5.75 Å². The number of nitrogens with one attached hydrogen (secondary N) is 4. The third-order valence-electron chi connectivity index (χ3n) is 10.7. The largest absolute Gasteiger partial charge is 0.484 e. The molecule has 2 bridgehead atoms. The molecular weight excluding hydrogens is 783 g/mol. The number of nitrogens with zero attached hydrogens (tertiary/aromatic N) is 1. The molecule has 12 nitrogen and oxygen atoms in total. The number of aryl methyl sites for hydroxylation is 1. The number of ether oxygens (including phenoxy) is 1. The van der Waals surface area contributed by atoms with Gasteiger partial charge in [0.15, 0.2) is 6.61 Å². The van der Waals surface area contributed by atoms with E-state index in [4.69, 9.17) is 4.74 Å². The van der Waals surface area contributed by atoms with Gasteiger partial charge in [0.2, 0.25) is 17.7 Å². The van der Waals surface area contributed by atoms with Crippen LogP contribution in [0, 0.1) is 0 Å². The molecule has 12 heteroatoms. The molecule has 3 heterocycles. The number of carbonyl (C=O) groups is 5. The SMILES string of the molecule is O=C1COc2ccc(cc2)C[C@@H](C(=O)O)NC(=O)[C@H](CCc2ccccc2)NC(=O)[C@@H](Cc2ccc(-c3ccccc3)cc2)NC(=O)[C@H](Cc2ccc(-c3ccncc3)cc2)N1. The maximum absolute atomic E-state index is 14.5. The van der Waals surface area contributed by atoms with Crippen molar-refractivity contribution in [2.75, 3.05) is 6.61 Å². The van der Waals surface area contributed by atoms with Crippen molar-refractivity contribution in [2.45, 2.75) is 56.3 Å². The lowest BCUT2D eigenvalue weighted by molar-refractivity contribution is -0.142. The average Bonchev–Trinajstić information content (AvgIpc) is 3.30. The fourth-order valence-electron chi connectivity index (χ4n) is 7.32. The molecule has 6 aromatic rings. The van der Waals surface area contributed by atoms with Gasteiger partial charge in [0, 0.05) is 31.7 Å². The number of hydrogen-bond donors (Lipinski definition) is 5. The predicted molar refractivity (Wildman–Crippen MR) is 235 cm³/mol. The van der Waals surface area contributed by atoms with Crippen LogP contribution >= 0.6 is 0 Å². The number of amides is 4. The Kier molecular flexibility index (Phi) is 14.1. The van der Waals surface area contributed by atoms with Crippen molar-refractivity contribution in [3.8, 4) is 28.0 Å². The maximum atomic E-state index is 14.5. The van der Waals surface area contributed by atoms with Crippen LogP contribution in [0.4, 0.5) is 0 Å². The van der Waals surface area contributed by atoms with E-state index in [1.807, 2.05) is 121 Å². The van der Waals surface area contributed by atoms with E-state index in [9.17, 15) is 29.1 Å². The number of fused-ring (bicyclic) bond motifs is 16. The molecular formula is C50H47N5O7. The van der Waals surface area contributed by atoms with Gasteiger partial charge in [-0.1, -0.05) is 121 Å². The first kappa shape index (κ1) is 42.5. The van der Waals surface area contributed by atoms with Gasteiger partial charge in [-0.05, 0) is 81.6 Å². The van der Waals surface area contributed by atoms with Gasteiger partial charge in [-0.3, -0.25) is 24.2 Å². The molecule has 2 aliphatic heterocycles. The van der Waals surface area contributed by atoms with Gasteiger partial charge < -0.3 is 31.1 Å². The van der Waals surface area contributed by atoms with Crippen LogP contribution < -0.4 is 26.0 Å². The van der Waals surface area contributed by atoms with Crippen molar-refractivity contribution in [3.63, 3.8) is 0 Å². The maximum Gasteiger partial charge on any atom is 0.326 e. The molecule has 5 aromatic carbocycles. The molecule has 4 amide bonds. The van der Waals surface area contributed by atoms with Gasteiger partial charge >= 0.3 is 5.97 Å². The van der Waals surface area contributed by atoms with Crippen molar-refractivity contribution in [3.05, 3.63) is 180 Å². The number of carboxylic acid groups (broad SMARTS) is 1. The van der Waals surface area contributed by atoms with Crippen LogP contribution in [0.15, 0.2) is 158 Å². The van der Waals surface area contributed by atoms with E-state index in [1.54, 1.807) is 36.7 Å². The number of hydrogen-bond acceptors (Lipinski definition) is 7. The molecule has 1 aromatic heterocycles. The molecule has 314 valence electrons. The minimum atomic E-state index is -1.32. The predicted octanol–water partition coefficient (Wildman–Crippen LogP) is 5.49. The van der Waals surface area contributed by atoms with Gasteiger partial charge in [0.05, 0.1) is 0 Å². The van der Waals surface area contributed by atoms with Gasteiger partial charge in [-0.25, -0.2) is 4.79 Å². The normalized spacial score (nSPS) is 18.7. The van der Waals surface area contributed by atoms with E-state index in [-0.39, 0.29) is 25.7 Å². The summed E-state index contributed by atoms with van der Waals surface area (Å²) < 4.78 is 5.76. The fourth-order valence-corrected chi connectivity index (χ4v) is 7.32. The smallest absolute Gasteiger partial charge is 0.326 e. The third-order valence-corrected chi connectivity index (χ3v) is 10.7. The third kappa shape index (κ3) is 11.8. The molecule has 5 N–H and O–H groups in total. The van der Waals surface area contributed by atoms with Crippen LogP contribution in [-0.2, 0) is 49.7 Å². The highest BCUT2D eigenvalue weighted by molar-refractivity contribution is 5.95. The van der Waals surface area contributed by atoms with Crippen molar-refractivity contribution in [1.29, 1.82) is 0 Å². The van der Waals surface area contributed by atoms with E-state index >= 15 is 0 Å². The number of aliphatic carboxylic acids is 1. The first-order valence-corrected chi connectivity index (χ1v) is 20.5. The van der Waals surface area contributed by atoms with Gasteiger partial charge in [0.1, 0.15) is 29.9 Å². The molecule has 4 atom stereocenters. The van der Waals surface area contributed by atoms with Crippen LogP contribution in [-0.4, -0.2) is 70.5 Å². The summed E-state index contributed by atoms with van der Waals surface area (Å²) in [5.74, 6) is -3.45. The number of rotatable bonds is 10. The van der Waals surface area contributed by atoms with Crippen molar-refractivity contribution in [2.24, 2.45) is 0 Å². The summed E-state index contributed by atoms with van der Waals surface area (Å²) in [7, 11) is 0. The Morgan fingerprint density at radius 2 is 1.05 bits per heavy atom. The lowest BCUT2D eigenvalue weighted by Gasteiger charge is -2.26. The van der Waals surface area contributed by atoms with E-state index in [0.29, 0.717) is 17.7 Å². The zero-order valence-electron chi connectivity index (χ0n) is 33.9. The molecule has 0 fully saturated rings. The monoisotopic (exact) mass is 829 g/mol. The molecule has 0 saturated carbocycles. The lowest BCUT2D eigenvalue weighted by atomic mass is 9.98. The molecule has 0 radical (unpaired) electrons. The van der Waals surface area contributed by atoms with Crippen LogP contribution in [0.3, 0.4) is 0 Å². The minimum absolute atomic E-state index is 0.0375. The van der Waals surface area contributed by atoms with E-state index < -0.39 is 60.4 Å². The Hall–Kier alpha value is -7.60. The Bertz CT molecular complexity index is 2450. The first-order valence-electron chi connectivity index (χ1n) is 20.5. The van der Waals surface area contributed by atoms with E-state index in [0.717, 1.165) is 38.9 Å². The number of aromatic nitrogens is 1. The zero-order chi connectivity index (χ0) is 43.3. The highest BCUT2D eigenvalue weighted by Gasteiger charge is 2.32. The van der Waals surface area contributed by atoms with Gasteiger partial charge in [0.25, 0.3) is 5.91 Å². The lowest BCUT2D eigenvalue weighted by Crippen LogP contribution is -2.59. The standard InChI is InChI=1S/C50H47N5O7/c56-46-32-62-41-22-15-36(16-23-41)31-45(50(60)61)55-47(57)42(24-17-33-7-3-1-4-8-33)53-49(59)44(30-35-11-18-38(19-12-35)37-9-5-2-6-10-37)54-48(58)43(52-46)29-34-13-20-39(21-14-34)40-25-27-51-28-26-40/h1-16,18-23,25-28,42-45H,17,24,29-32H2,(H,52,56)(H,53,59)(H,54,58)(H,55,57)(H,60,61)/t42-,43-,44+,45-/m0/s1.